The lowest BCUT2D eigenvalue weighted by Gasteiger charge is -2.41. The van der Waals surface area contributed by atoms with Crippen LogP contribution in [0.5, 0.6) is 5.75 Å². The van der Waals surface area contributed by atoms with Gasteiger partial charge in [-0.05, 0) is 58.9 Å². The van der Waals surface area contributed by atoms with E-state index in [4.69, 9.17) is 9.47 Å². The Morgan fingerprint density at radius 2 is 1.71 bits per heavy atom. The maximum atomic E-state index is 13.4. The standard InChI is InChI=1S/C30H38N4O7/c1-29(2,3)41-28(39)33-12-8-18(9-13-33)26(37)32-14-10-30(11-15-32)17-40-24-20-16-34(22-6-7-23(35)31-25(22)36)27(38)19(20)4-5-21(24)30/h4-5,18,22H,6-17H2,1-3H3,(H,31,35,36)/t22-/m0/s1. The molecule has 3 fully saturated rings. The first-order valence-corrected chi connectivity index (χ1v) is 14.7. The van der Waals surface area contributed by atoms with Gasteiger partial charge < -0.3 is 24.2 Å². The molecule has 0 bridgehead atoms. The molecule has 3 saturated heterocycles. The van der Waals surface area contributed by atoms with Crippen molar-refractivity contribution in [3.63, 3.8) is 0 Å². The van der Waals surface area contributed by atoms with E-state index in [0.29, 0.717) is 57.6 Å². The molecule has 6 rings (SSSR count). The van der Waals surface area contributed by atoms with Crippen molar-refractivity contribution in [2.75, 3.05) is 32.8 Å². The average molecular weight is 567 g/mol. The summed E-state index contributed by atoms with van der Waals surface area (Å²) in [7, 11) is 0. The number of nitrogens with one attached hydrogen (secondary N) is 1. The molecule has 1 aromatic carbocycles. The number of amides is 5. The lowest BCUT2D eigenvalue weighted by molar-refractivity contribution is -0.139. The summed E-state index contributed by atoms with van der Waals surface area (Å²) < 4.78 is 11.7. The molecule has 220 valence electrons. The van der Waals surface area contributed by atoms with E-state index in [1.807, 2.05) is 37.8 Å². The van der Waals surface area contributed by atoms with Crippen LogP contribution in [0.25, 0.3) is 0 Å². The van der Waals surface area contributed by atoms with E-state index < -0.39 is 17.6 Å². The number of rotatable bonds is 2. The summed E-state index contributed by atoms with van der Waals surface area (Å²) in [5, 5.41) is 2.35. The Hall–Kier alpha value is -3.63. The molecule has 0 aromatic heterocycles. The molecular formula is C30H38N4O7. The van der Waals surface area contributed by atoms with Crippen LogP contribution in [0.2, 0.25) is 0 Å². The zero-order valence-electron chi connectivity index (χ0n) is 24.0. The van der Waals surface area contributed by atoms with Crippen LogP contribution in [0.3, 0.4) is 0 Å². The van der Waals surface area contributed by atoms with E-state index in [1.54, 1.807) is 9.80 Å². The molecular weight excluding hydrogens is 528 g/mol. The van der Waals surface area contributed by atoms with Crippen LogP contribution in [-0.2, 0) is 31.1 Å². The van der Waals surface area contributed by atoms with Gasteiger partial charge in [0.05, 0.1) is 13.2 Å². The summed E-state index contributed by atoms with van der Waals surface area (Å²) in [6.07, 6.45) is 3.02. The monoisotopic (exact) mass is 566 g/mol. The number of likely N-dealkylation sites (tertiary alicyclic amines) is 2. The second-order valence-electron chi connectivity index (χ2n) is 13.0. The molecule has 0 radical (unpaired) electrons. The van der Waals surface area contributed by atoms with Crippen molar-refractivity contribution in [2.45, 2.75) is 82.9 Å². The number of nitrogens with zero attached hydrogens (tertiary/aromatic N) is 3. The topological polar surface area (TPSA) is 126 Å². The Bertz CT molecular complexity index is 1300. The first-order chi connectivity index (χ1) is 19.5. The molecule has 41 heavy (non-hydrogen) atoms. The fraction of sp³-hybridized carbons (Fsp3) is 0.633. The summed E-state index contributed by atoms with van der Waals surface area (Å²) in [4.78, 5) is 68.2. The number of carbonyl (C=O) groups excluding carboxylic acids is 5. The molecule has 0 unspecified atom stereocenters. The van der Waals surface area contributed by atoms with Crippen molar-refractivity contribution in [1.29, 1.82) is 0 Å². The second kappa shape index (κ2) is 10.0. The van der Waals surface area contributed by atoms with E-state index in [0.717, 1.165) is 29.7 Å². The zero-order chi connectivity index (χ0) is 29.1. The molecule has 11 heteroatoms. The Labute approximate surface area is 239 Å². The second-order valence-corrected chi connectivity index (χ2v) is 13.0. The van der Waals surface area contributed by atoms with Gasteiger partial charge in [-0.15, -0.1) is 0 Å². The van der Waals surface area contributed by atoms with Crippen LogP contribution in [0.1, 0.15) is 80.8 Å². The first-order valence-electron chi connectivity index (χ1n) is 14.7. The van der Waals surface area contributed by atoms with Gasteiger partial charge in [0, 0.05) is 60.6 Å². The first kappa shape index (κ1) is 27.5. The highest BCUT2D eigenvalue weighted by atomic mass is 16.6. The van der Waals surface area contributed by atoms with Crippen molar-refractivity contribution in [1.82, 2.24) is 20.0 Å². The lowest BCUT2D eigenvalue weighted by atomic mass is 9.73. The van der Waals surface area contributed by atoms with Crippen LogP contribution in [0.4, 0.5) is 4.79 Å². The van der Waals surface area contributed by atoms with Crippen molar-refractivity contribution in [2.24, 2.45) is 5.92 Å². The Kier molecular flexibility index (Phi) is 6.73. The number of ether oxygens (including phenoxy) is 2. The Morgan fingerprint density at radius 3 is 2.37 bits per heavy atom. The van der Waals surface area contributed by atoms with Gasteiger partial charge in [-0.3, -0.25) is 24.5 Å². The zero-order valence-corrected chi connectivity index (χ0v) is 24.0. The van der Waals surface area contributed by atoms with Gasteiger partial charge in [0.15, 0.2) is 0 Å². The number of hydrogen-bond acceptors (Lipinski definition) is 7. The number of imide groups is 1. The van der Waals surface area contributed by atoms with Crippen molar-refractivity contribution in [3.8, 4) is 5.75 Å². The Morgan fingerprint density at radius 1 is 1.00 bits per heavy atom. The summed E-state index contributed by atoms with van der Waals surface area (Å²) in [6.45, 7) is 8.63. The van der Waals surface area contributed by atoms with Crippen LogP contribution >= 0.6 is 0 Å². The van der Waals surface area contributed by atoms with Crippen molar-refractivity contribution < 1.29 is 33.4 Å². The maximum Gasteiger partial charge on any atom is 0.410 e. The largest absolute Gasteiger partial charge is 0.492 e. The van der Waals surface area contributed by atoms with Crippen molar-refractivity contribution in [3.05, 3.63) is 28.8 Å². The van der Waals surface area contributed by atoms with E-state index in [1.165, 1.54) is 0 Å². The van der Waals surface area contributed by atoms with E-state index >= 15 is 0 Å². The number of carbonyl (C=O) groups is 5. The van der Waals surface area contributed by atoms with Gasteiger partial charge in [0.2, 0.25) is 17.7 Å². The highest BCUT2D eigenvalue weighted by molar-refractivity contribution is 6.05. The smallest absolute Gasteiger partial charge is 0.410 e. The summed E-state index contributed by atoms with van der Waals surface area (Å²) in [6, 6.07) is 3.16. The highest BCUT2D eigenvalue weighted by Crippen LogP contribution is 2.49. The minimum Gasteiger partial charge on any atom is -0.492 e. The van der Waals surface area contributed by atoms with Crippen LogP contribution in [0, 0.1) is 5.92 Å². The predicted molar refractivity (Wildman–Crippen MR) is 146 cm³/mol. The van der Waals surface area contributed by atoms with Gasteiger partial charge >= 0.3 is 6.09 Å². The summed E-state index contributed by atoms with van der Waals surface area (Å²) >= 11 is 0. The Balaban J connectivity index is 1.08. The molecule has 0 aliphatic carbocycles. The lowest BCUT2D eigenvalue weighted by Crippen LogP contribution is -2.52. The molecule has 5 amide bonds. The number of hydrogen-bond donors (Lipinski definition) is 1. The third-order valence-corrected chi connectivity index (χ3v) is 9.26. The van der Waals surface area contributed by atoms with E-state index in [-0.39, 0.29) is 48.1 Å². The summed E-state index contributed by atoms with van der Waals surface area (Å²) in [5.41, 5.74) is 1.68. The van der Waals surface area contributed by atoms with Crippen LogP contribution in [0.15, 0.2) is 12.1 Å². The van der Waals surface area contributed by atoms with Crippen LogP contribution in [-0.4, -0.2) is 88.9 Å². The normalized spacial score (nSPS) is 24.2. The fourth-order valence-corrected chi connectivity index (χ4v) is 6.95. The SMILES string of the molecule is CC(C)(C)OC(=O)N1CCC(C(=O)N2CCC3(CC2)COc2c3ccc3c2CN([C@H]2CCC(=O)NC2=O)C3=O)CC1. The molecule has 1 spiro atoms. The predicted octanol–water partition coefficient (Wildman–Crippen LogP) is 2.35. The molecule has 5 heterocycles. The van der Waals surface area contributed by atoms with Crippen LogP contribution < -0.4 is 10.1 Å². The third-order valence-electron chi connectivity index (χ3n) is 9.26. The molecule has 1 atom stereocenters. The fourth-order valence-electron chi connectivity index (χ4n) is 6.95. The number of benzene rings is 1. The summed E-state index contributed by atoms with van der Waals surface area (Å²) in [5.74, 6) is -0.147. The minimum absolute atomic E-state index is 0.0950. The van der Waals surface area contributed by atoms with Gasteiger partial charge in [-0.1, -0.05) is 6.07 Å². The van der Waals surface area contributed by atoms with Gasteiger partial charge in [-0.25, -0.2) is 4.79 Å². The molecule has 0 saturated carbocycles. The van der Waals surface area contributed by atoms with E-state index in [2.05, 4.69) is 5.32 Å². The quantitative estimate of drug-likeness (QED) is 0.545. The molecule has 11 nitrogen and oxygen atoms in total. The van der Waals surface area contributed by atoms with Crippen molar-refractivity contribution >= 4 is 29.7 Å². The maximum absolute atomic E-state index is 13.4. The minimum atomic E-state index is -0.663. The van der Waals surface area contributed by atoms with Gasteiger partial charge in [0.25, 0.3) is 5.91 Å². The molecule has 5 aliphatic rings. The van der Waals surface area contributed by atoms with Gasteiger partial charge in [-0.2, -0.15) is 0 Å². The number of piperidine rings is 3. The molecule has 1 aromatic rings. The highest BCUT2D eigenvalue weighted by Gasteiger charge is 2.48. The van der Waals surface area contributed by atoms with Gasteiger partial charge in [0.1, 0.15) is 17.4 Å². The van der Waals surface area contributed by atoms with E-state index in [9.17, 15) is 24.0 Å². The number of fused-ring (bicyclic) bond motifs is 4. The molecule has 1 N–H and O–H groups in total. The average Bonchev–Trinajstić information content (AvgIpc) is 3.46. The third kappa shape index (κ3) is 4.93. The molecule has 5 aliphatic heterocycles.